The Morgan fingerprint density at radius 2 is 1.97 bits per heavy atom. The number of nitrogens with zero attached hydrogens (tertiary/aromatic N) is 2. The average molecular weight is 392 g/mol. The number of fused-ring (bicyclic) bond motifs is 1. The number of ether oxygens (including phenoxy) is 3. The van der Waals surface area contributed by atoms with Crippen molar-refractivity contribution in [1.82, 2.24) is 15.3 Å². The van der Waals surface area contributed by atoms with E-state index < -0.39 is 0 Å². The molecule has 0 radical (unpaired) electrons. The molecular weight excluding hydrogens is 372 g/mol. The number of anilines is 1. The van der Waals surface area contributed by atoms with Crippen molar-refractivity contribution in [1.29, 1.82) is 0 Å². The minimum Gasteiger partial charge on any atom is -0.496 e. The number of carbonyl (C=O) groups is 1. The molecule has 0 aliphatic carbocycles. The number of rotatable bonds is 7. The molecule has 0 unspecified atom stereocenters. The van der Waals surface area contributed by atoms with Crippen LogP contribution in [0.5, 0.6) is 17.2 Å². The number of methoxy groups -OCH3 is 1. The molecule has 8 nitrogen and oxygen atoms in total. The van der Waals surface area contributed by atoms with Crippen LogP contribution < -0.4 is 24.8 Å². The second kappa shape index (κ2) is 8.47. The van der Waals surface area contributed by atoms with E-state index in [1.54, 1.807) is 19.4 Å². The smallest absolute Gasteiger partial charge is 0.270 e. The van der Waals surface area contributed by atoms with E-state index in [4.69, 9.17) is 14.2 Å². The molecular formula is C21H20N4O4. The van der Waals surface area contributed by atoms with E-state index in [0.717, 1.165) is 28.4 Å². The maximum atomic E-state index is 12.5. The molecule has 1 amide bonds. The molecule has 1 aliphatic rings. The van der Waals surface area contributed by atoms with Gasteiger partial charge in [0.25, 0.3) is 5.91 Å². The van der Waals surface area contributed by atoms with Crippen LogP contribution in [0.1, 0.15) is 21.6 Å². The summed E-state index contributed by atoms with van der Waals surface area (Å²) in [5.41, 5.74) is 2.16. The molecule has 0 saturated carbocycles. The second-order valence-electron chi connectivity index (χ2n) is 6.30. The molecule has 2 N–H and O–H groups in total. The Kier molecular flexibility index (Phi) is 5.42. The van der Waals surface area contributed by atoms with Crippen LogP contribution >= 0.6 is 0 Å². The lowest BCUT2D eigenvalue weighted by Gasteiger charge is -2.10. The van der Waals surface area contributed by atoms with Gasteiger partial charge in [-0.05, 0) is 29.8 Å². The van der Waals surface area contributed by atoms with Gasteiger partial charge < -0.3 is 24.8 Å². The highest BCUT2D eigenvalue weighted by atomic mass is 16.7. The average Bonchev–Trinajstić information content (AvgIpc) is 3.24. The lowest BCUT2D eigenvalue weighted by molar-refractivity contribution is 0.0945. The SMILES string of the molecule is COc1ccccc1CNC(=O)c1ccnc(NCc2ccc3c(c2)OCO3)n1. The van der Waals surface area contributed by atoms with Gasteiger partial charge in [-0.15, -0.1) is 0 Å². The van der Waals surface area contributed by atoms with E-state index in [1.165, 1.54) is 0 Å². The number of para-hydroxylation sites is 1. The summed E-state index contributed by atoms with van der Waals surface area (Å²) in [6, 6.07) is 14.8. The zero-order valence-electron chi connectivity index (χ0n) is 15.8. The lowest BCUT2D eigenvalue weighted by Crippen LogP contribution is -2.24. The highest BCUT2D eigenvalue weighted by molar-refractivity contribution is 5.92. The summed E-state index contributed by atoms with van der Waals surface area (Å²) in [5, 5.41) is 5.97. The van der Waals surface area contributed by atoms with Gasteiger partial charge in [-0.25, -0.2) is 9.97 Å². The Morgan fingerprint density at radius 1 is 1.10 bits per heavy atom. The standard InChI is InChI=1S/C21H20N4O4/c1-27-17-5-3-2-4-15(17)12-23-20(26)16-8-9-22-21(25-16)24-11-14-6-7-18-19(10-14)29-13-28-18/h2-10H,11-13H2,1H3,(H,23,26)(H,22,24,25). The van der Waals surface area contributed by atoms with Crippen molar-refractivity contribution in [2.75, 3.05) is 19.2 Å². The van der Waals surface area contributed by atoms with E-state index in [0.29, 0.717) is 19.0 Å². The normalized spacial score (nSPS) is 11.8. The Labute approximate surface area is 167 Å². The topological polar surface area (TPSA) is 94.6 Å². The van der Waals surface area contributed by atoms with Crippen LogP contribution in [0.3, 0.4) is 0 Å². The van der Waals surface area contributed by atoms with Crippen molar-refractivity contribution in [3.8, 4) is 17.2 Å². The van der Waals surface area contributed by atoms with Crippen LogP contribution in [-0.2, 0) is 13.1 Å². The molecule has 0 fully saturated rings. The van der Waals surface area contributed by atoms with Gasteiger partial charge in [0.2, 0.25) is 12.7 Å². The van der Waals surface area contributed by atoms with Crippen LogP contribution in [-0.4, -0.2) is 29.8 Å². The van der Waals surface area contributed by atoms with Crippen LogP contribution in [0.25, 0.3) is 0 Å². The first-order chi connectivity index (χ1) is 14.2. The summed E-state index contributed by atoms with van der Waals surface area (Å²) in [5.74, 6) is 2.26. The van der Waals surface area contributed by atoms with E-state index in [9.17, 15) is 4.79 Å². The molecule has 148 valence electrons. The first-order valence-electron chi connectivity index (χ1n) is 9.08. The molecule has 3 aromatic rings. The van der Waals surface area contributed by atoms with Gasteiger partial charge >= 0.3 is 0 Å². The van der Waals surface area contributed by atoms with E-state index >= 15 is 0 Å². The predicted octanol–water partition coefficient (Wildman–Crippen LogP) is 2.76. The largest absolute Gasteiger partial charge is 0.496 e. The maximum Gasteiger partial charge on any atom is 0.270 e. The Hall–Kier alpha value is -3.81. The van der Waals surface area contributed by atoms with Crippen LogP contribution in [0.2, 0.25) is 0 Å². The molecule has 1 aliphatic heterocycles. The van der Waals surface area contributed by atoms with Crippen molar-refractivity contribution in [2.45, 2.75) is 13.1 Å². The van der Waals surface area contributed by atoms with Gasteiger partial charge in [0.05, 0.1) is 7.11 Å². The summed E-state index contributed by atoms with van der Waals surface area (Å²) >= 11 is 0. The predicted molar refractivity (Wildman–Crippen MR) is 106 cm³/mol. The molecule has 0 saturated heterocycles. The molecule has 8 heteroatoms. The molecule has 2 aromatic carbocycles. The molecule has 4 rings (SSSR count). The van der Waals surface area contributed by atoms with Crippen molar-refractivity contribution in [3.05, 3.63) is 71.5 Å². The molecule has 1 aromatic heterocycles. The van der Waals surface area contributed by atoms with E-state index in [1.807, 2.05) is 42.5 Å². The van der Waals surface area contributed by atoms with Crippen LogP contribution in [0, 0.1) is 0 Å². The summed E-state index contributed by atoms with van der Waals surface area (Å²) in [4.78, 5) is 20.9. The van der Waals surface area contributed by atoms with Crippen LogP contribution in [0.4, 0.5) is 5.95 Å². The Bertz CT molecular complexity index is 1030. The van der Waals surface area contributed by atoms with Gasteiger partial charge in [-0.1, -0.05) is 24.3 Å². The highest BCUT2D eigenvalue weighted by Gasteiger charge is 2.14. The number of benzene rings is 2. The van der Waals surface area contributed by atoms with Gasteiger partial charge in [-0.2, -0.15) is 0 Å². The third kappa shape index (κ3) is 4.37. The van der Waals surface area contributed by atoms with Gasteiger partial charge in [0.1, 0.15) is 11.4 Å². The third-order valence-electron chi connectivity index (χ3n) is 4.41. The number of amides is 1. The summed E-state index contributed by atoms with van der Waals surface area (Å²) < 4.78 is 16.0. The van der Waals surface area contributed by atoms with E-state index in [2.05, 4.69) is 20.6 Å². The molecule has 29 heavy (non-hydrogen) atoms. The maximum absolute atomic E-state index is 12.5. The summed E-state index contributed by atoms with van der Waals surface area (Å²) in [6.07, 6.45) is 1.55. The Balaban J connectivity index is 1.37. The number of aromatic nitrogens is 2. The minimum absolute atomic E-state index is 0.237. The fraction of sp³-hybridized carbons (Fsp3) is 0.190. The van der Waals surface area contributed by atoms with Gasteiger partial charge in [0, 0.05) is 24.8 Å². The summed E-state index contributed by atoms with van der Waals surface area (Å²) in [7, 11) is 1.60. The lowest BCUT2D eigenvalue weighted by atomic mass is 10.2. The van der Waals surface area contributed by atoms with Crippen molar-refractivity contribution in [2.24, 2.45) is 0 Å². The van der Waals surface area contributed by atoms with Gasteiger partial charge in [-0.3, -0.25) is 4.79 Å². The number of carbonyl (C=O) groups excluding carboxylic acids is 1. The van der Waals surface area contributed by atoms with Crippen molar-refractivity contribution < 1.29 is 19.0 Å². The Morgan fingerprint density at radius 3 is 2.86 bits per heavy atom. The first-order valence-corrected chi connectivity index (χ1v) is 9.08. The van der Waals surface area contributed by atoms with Crippen molar-refractivity contribution in [3.63, 3.8) is 0 Å². The number of hydrogen-bond donors (Lipinski definition) is 2. The quantitative estimate of drug-likeness (QED) is 0.638. The van der Waals surface area contributed by atoms with Gasteiger partial charge in [0.15, 0.2) is 11.5 Å². The fourth-order valence-electron chi connectivity index (χ4n) is 2.92. The summed E-state index contributed by atoms with van der Waals surface area (Å²) in [6.45, 7) is 1.07. The molecule has 0 bridgehead atoms. The molecule has 2 heterocycles. The zero-order chi connectivity index (χ0) is 20.1. The van der Waals surface area contributed by atoms with Crippen molar-refractivity contribution >= 4 is 11.9 Å². The first kappa shape index (κ1) is 18.5. The molecule has 0 atom stereocenters. The third-order valence-corrected chi connectivity index (χ3v) is 4.41. The molecule has 0 spiro atoms. The number of hydrogen-bond acceptors (Lipinski definition) is 7. The van der Waals surface area contributed by atoms with E-state index in [-0.39, 0.29) is 18.4 Å². The minimum atomic E-state index is -0.288. The zero-order valence-corrected chi connectivity index (χ0v) is 15.8. The monoisotopic (exact) mass is 392 g/mol. The highest BCUT2D eigenvalue weighted by Crippen LogP contribution is 2.32. The fourth-order valence-corrected chi connectivity index (χ4v) is 2.92. The van der Waals surface area contributed by atoms with Crippen LogP contribution in [0.15, 0.2) is 54.7 Å². The second-order valence-corrected chi connectivity index (χ2v) is 6.30. The number of nitrogens with one attached hydrogen (secondary N) is 2.